The van der Waals surface area contributed by atoms with Gasteiger partial charge in [-0.05, 0) is 55.3 Å². The van der Waals surface area contributed by atoms with Gasteiger partial charge in [0.05, 0.1) is 24.4 Å². The number of amidine groups is 1. The van der Waals surface area contributed by atoms with Crippen LogP contribution >= 0.6 is 0 Å². The van der Waals surface area contributed by atoms with Gasteiger partial charge in [-0.15, -0.1) is 0 Å². The number of nitrogen functional groups attached to an aromatic ring is 1. The van der Waals surface area contributed by atoms with Crippen molar-refractivity contribution in [3.8, 4) is 17.0 Å². The van der Waals surface area contributed by atoms with Crippen LogP contribution in [0.15, 0.2) is 66.9 Å². The number of nitrogens with one attached hydrogen (secondary N) is 3. The Morgan fingerprint density at radius 3 is 2.53 bits per heavy atom. The lowest BCUT2D eigenvalue weighted by molar-refractivity contribution is 0.100. The number of hydrogen-bond acceptors (Lipinski definition) is 5. The average molecular weight is 515 g/mol. The minimum atomic E-state index is -0.549. The number of ether oxygens (including phenoxy) is 1. The second-order valence-corrected chi connectivity index (χ2v) is 8.80. The summed E-state index contributed by atoms with van der Waals surface area (Å²) in [4.78, 5) is 19.9. The van der Waals surface area contributed by atoms with Gasteiger partial charge in [0, 0.05) is 34.5 Å². The van der Waals surface area contributed by atoms with Crippen LogP contribution in [-0.2, 0) is 6.42 Å². The van der Waals surface area contributed by atoms with E-state index in [1.165, 1.54) is 0 Å². The van der Waals surface area contributed by atoms with Crippen LogP contribution < -0.4 is 21.5 Å². The van der Waals surface area contributed by atoms with E-state index in [4.69, 9.17) is 21.6 Å². The molecule has 0 fully saturated rings. The van der Waals surface area contributed by atoms with Gasteiger partial charge in [0.15, 0.2) is 11.6 Å². The summed E-state index contributed by atoms with van der Waals surface area (Å²) in [6.07, 6.45) is 2.33. The Balaban J connectivity index is 1.76. The summed E-state index contributed by atoms with van der Waals surface area (Å²) in [6.45, 7) is 4.46. The highest BCUT2D eigenvalue weighted by Gasteiger charge is 2.25. The molecule has 196 valence electrons. The molecule has 1 amide bonds. The molecule has 1 atom stereocenters. The zero-order chi connectivity index (χ0) is 27.2. The number of carbonyl (C=O) groups is 1. The zero-order valence-electron chi connectivity index (χ0n) is 21.3. The van der Waals surface area contributed by atoms with E-state index < -0.39 is 17.6 Å². The topological polar surface area (TPSA) is 143 Å². The van der Waals surface area contributed by atoms with Gasteiger partial charge in [-0.2, -0.15) is 0 Å². The van der Waals surface area contributed by atoms with Gasteiger partial charge >= 0.3 is 0 Å². The van der Waals surface area contributed by atoms with Gasteiger partial charge in [-0.1, -0.05) is 31.2 Å². The SMILES string of the molecule is CCOc1cc(CC)cc(C(CNc2ccc(C(=N)N)cc2)c2ncc(-c3ccccc3C(N)=O)[nH]2)c1F. The van der Waals surface area contributed by atoms with Gasteiger partial charge in [-0.25, -0.2) is 9.37 Å². The number of aryl methyl sites for hydroxylation is 1. The summed E-state index contributed by atoms with van der Waals surface area (Å²) in [5.74, 6) is -0.825. The number of nitrogens with two attached hydrogens (primary N) is 2. The lowest BCUT2D eigenvalue weighted by atomic mass is 9.94. The zero-order valence-corrected chi connectivity index (χ0v) is 21.3. The van der Waals surface area contributed by atoms with Crippen molar-refractivity contribution in [2.75, 3.05) is 18.5 Å². The van der Waals surface area contributed by atoms with Crippen LogP contribution in [0, 0.1) is 11.2 Å². The molecule has 0 bridgehead atoms. The minimum absolute atomic E-state index is 0.0179. The molecular weight excluding hydrogens is 483 g/mol. The molecule has 4 rings (SSSR count). The number of benzene rings is 3. The monoisotopic (exact) mass is 514 g/mol. The molecule has 1 heterocycles. The lowest BCUT2D eigenvalue weighted by Crippen LogP contribution is -2.18. The Kier molecular flexibility index (Phi) is 8.06. The number of aromatic amines is 1. The van der Waals surface area contributed by atoms with Gasteiger partial charge in [0.2, 0.25) is 5.91 Å². The second kappa shape index (κ2) is 11.6. The molecule has 0 radical (unpaired) electrons. The summed E-state index contributed by atoms with van der Waals surface area (Å²) < 4.78 is 21.4. The van der Waals surface area contributed by atoms with E-state index in [2.05, 4.69) is 15.3 Å². The summed E-state index contributed by atoms with van der Waals surface area (Å²) in [7, 11) is 0. The first-order valence-electron chi connectivity index (χ1n) is 12.4. The van der Waals surface area contributed by atoms with Crippen LogP contribution in [0.5, 0.6) is 5.75 Å². The highest BCUT2D eigenvalue weighted by atomic mass is 19.1. The maximum atomic E-state index is 15.8. The Bertz CT molecular complexity index is 1450. The smallest absolute Gasteiger partial charge is 0.249 e. The molecule has 38 heavy (non-hydrogen) atoms. The quantitative estimate of drug-likeness (QED) is 0.144. The van der Waals surface area contributed by atoms with E-state index in [1.54, 1.807) is 42.6 Å². The van der Waals surface area contributed by atoms with Crippen LogP contribution in [0.4, 0.5) is 10.1 Å². The van der Waals surface area contributed by atoms with E-state index in [-0.39, 0.29) is 11.6 Å². The van der Waals surface area contributed by atoms with Crippen molar-refractivity contribution >= 4 is 17.4 Å². The number of carbonyl (C=O) groups excluding carboxylic acids is 1. The molecule has 3 aromatic carbocycles. The molecule has 0 saturated heterocycles. The van der Waals surface area contributed by atoms with Gasteiger partial charge in [-0.3, -0.25) is 10.2 Å². The number of nitrogens with zero attached hydrogens (tertiary/aromatic N) is 1. The number of imidazole rings is 1. The third kappa shape index (κ3) is 5.67. The van der Waals surface area contributed by atoms with Crippen LogP contribution in [-0.4, -0.2) is 34.9 Å². The van der Waals surface area contributed by atoms with Gasteiger partial charge in [0.25, 0.3) is 0 Å². The standard InChI is InChI=1S/C29H31FN6O2/c1-3-17-13-22(26(30)25(14-17)38-4-2)23(15-34-19-11-9-18(10-12-19)27(31)32)29-35-16-24(36-29)20-7-5-6-8-21(20)28(33)37/h5-14,16,23,34H,3-4,15H2,1-2H3,(H3,31,32)(H2,33,37)(H,35,36). The molecule has 7 N–H and O–H groups in total. The Morgan fingerprint density at radius 2 is 1.87 bits per heavy atom. The minimum Gasteiger partial charge on any atom is -0.491 e. The molecule has 0 saturated carbocycles. The summed E-state index contributed by atoms with van der Waals surface area (Å²) in [5, 5.41) is 10.9. The highest BCUT2D eigenvalue weighted by Crippen LogP contribution is 2.33. The molecule has 0 spiro atoms. The van der Waals surface area contributed by atoms with Crippen LogP contribution in [0.25, 0.3) is 11.3 Å². The van der Waals surface area contributed by atoms with E-state index in [0.29, 0.717) is 53.3 Å². The molecular formula is C29H31FN6O2. The largest absolute Gasteiger partial charge is 0.491 e. The normalized spacial score (nSPS) is 11.7. The van der Waals surface area contributed by atoms with Crippen molar-refractivity contribution in [2.45, 2.75) is 26.2 Å². The molecule has 8 nitrogen and oxygen atoms in total. The average Bonchev–Trinajstić information content (AvgIpc) is 3.41. The Hall–Kier alpha value is -4.66. The first-order valence-corrected chi connectivity index (χ1v) is 12.4. The molecule has 0 aliphatic carbocycles. The van der Waals surface area contributed by atoms with E-state index in [9.17, 15) is 4.79 Å². The summed E-state index contributed by atoms with van der Waals surface area (Å²) in [5.41, 5.74) is 15.5. The second-order valence-electron chi connectivity index (χ2n) is 8.80. The van der Waals surface area contributed by atoms with Crippen molar-refractivity contribution in [3.63, 3.8) is 0 Å². The predicted octanol–water partition coefficient (Wildman–Crippen LogP) is 4.80. The predicted molar refractivity (Wildman–Crippen MR) is 147 cm³/mol. The van der Waals surface area contributed by atoms with Crippen LogP contribution in [0.1, 0.15) is 52.6 Å². The van der Waals surface area contributed by atoms with Crippen molar-refractivity contribution in [3.05, 3.63) is 101 Å². The summed E-state index contributed by atoms with van der Waals surface area (Å²) in [6, 6.07) is 17.7. The first kappa shape index (κ1) is 26.4. The van der Waals surface area contributed by atoms with Gasteiger partial charge in [0.1, 0.15) is 11.7 Å². The number of primary amides is 1. The van der Waals surface area contributed by atoms with Crippen molar-refractivity contribution in [1.82, 2.24) is 9.97 Å². The number of halogens is 1. The maximum absolute atomic E-state index is 15.8. The number of amides is 1. The fourth-order valence-electron chi connectivity index (χ4n) is 4.32. The Morgan fingerprint density at radius 1 is 1.13 bits per heavy atom. The molecule has 1 unspecified atom stereocenters. The number of hydrogen-bond donors (Lipinski definition) is 5. The third-order valence-corrected chi connectivity index (χ3v) is 6.33. The fraction of sp³-hybridized carbons (Fsp3) is 0.207. The van der Waals surface area contributed by atoms with Crippen molar-refractivity contribution in [1.29, 1.82) is 5.41 Å². The van der Waals surface area contributed by atoms with Gasteiger partial charge < -0.3 is 26.5 Å². The van der Waals surface area contributed by atoms with E-state index in [1.807, 2.05) is 38.1 Å². The van der Waals surface area contributed by atoms with Crippen LogP contribution in [0.2, 0.25) is 0 Å². The number of H-pyrrole nitrogens is 1. The molecule has 0 aliphatic heterocycles. The molecule has 9 heteroatoms. The van der Waals surface area contributed by atoms with Crippen LogP contribution in [0.3, 0.4) is 0 Å². The number of aromatic nitrogens is 2. The fourth-order valence-corrected chi connectivity index (χ4v) is 4.32. The lowest BCUT2D eigenvalue weighted by Gasteiger charge is -2.20. The van der Waals surface area contributed by atoms with Crippen molar-refractivity contribution < 1.29 is 13.9 Å². The Labute approximate surface area is 220 Å². The third-order valence-electron chi connectivity index (χ3n) is 6.33. The van der Waals surface area contributed by atoms with Crippen molar-refractivity contribution in [2.24, 2.45) is 11.5 Å². The highest BCUT2D eigenvalue weighted by molar-refractivity contribution is 5.99. The summed E-state index contributed by atoms with van der Waals surface area (Å²) >= 11 is 0. The van der Waals surface area contributed by atoms with E-state index >= 15 is 4.39 Å². The first-order chi connectivity index (χ1) is 18.3. The number of anilines is 1. The molecule has 4 aromatic rings. The molecule has 1 aromatic heterocycles. The molecule has 0 aliphatic rings. The maximum Gasteiger partial charge on any atom is 0.249 e. The van der Waals surface area contributed by atoms with E-state index in [0.717, 1.165) is 11.3 Å². The number of rotatable bonds is 11.